The summed E-state index contributed by atoms with van der Waals surface area (Å²) in [6, 6.07) is 7.45. The number of nitrogens with zero attached hydrogens (tertiary/aromatic N) is 6. The normalized spacial score (nSPS) is 10.8. The molecule has 0 atom stereocenters. The van der Waals surface area contributed by atoms with Crippen LogP contribution in [0.3, 0.4) is 0 Å². The van der Waals surface area contributed by atoms with Gasteiger partial charge in [0.05, 0.1) is 24.5 Å². The van der Waals surface area contributed by atoms with E-state index in [4.69, 9.17) is 4.74 Å². The van der Waals surface area contributed by atoms with E-state index in [9.17, 15) is 4.79 Å². The molecule has 2 aromatic heterocycles. The second-order valence-corrected chi connectivity index (χ2v) is 5.82. The van der Waals surface area contributed by atoms with E-state index in [1.807, 2.05) is 31.2 Å². The van der Waals surface area contributed by atoms with Crippen molar-refractivity contribution in [2.24, 2.45) is 0 Å². The monoisotopic (exact) mass is 356 g/mol. The van der Waals surface area contributed by atoms with Crippen LogP contribution in [0.4, 0.5) is 0 Å². The molecule has 0 N–H and O–H groups in total. The van der Waals surface area contributed by atoms with Gasteiger partial charge in [-0.15, -0.1) is 5.10 Å². The van der Waals surface area contributed by atoms with Crippen molar-refractivity contribution in [3.05, 3.63) is 47.0 Å². The van der Waals surface area contributed by atoms with Crippen LogP contribution in [-0.2, 0) is 6.54 Å². The summed E-state index contributed by atoms with van der Waals surface area (Å²) in [5.41, 5.74) is 3.00. The van der Waals surface area contributed by atoms with Gasteiger partial charge in [-0.05, 0) is 45.0 Å². The van der Waals surface area contributed by atoms with Crippen molar-refractivity contribution < 1.29 is 14.2 Å². The Bertz CT molecular complexity index is 900. The quantitative estimate of drug-likeness (QED) is 0.665. The van der Waals surface area contributed by atoms with Crippen LogP contribution >= 0.6 is 0 Å². The van der Waals surface area contributed by atoms with Gasteiger partial charge < -0.3 is 9.64 Å². The molecule has 0 spiro atoms. The Kier molecular flexibility index (Phi) is 4.97. The number of hydrogen-bond donors (Lipinski definition) is 0. The molecule has 9 nitrogen and oxygen atoms in total. The molecule has 9 heteroatoms. The zero-order chi connectivity index (χ0) is 18.7. The van der Waals surface area contributed by atoms with Gasteiger partial charge in [0.25, 0.3) is 5.91 Å². The van der Waals surface area contributed by atoms with Crippen molar-refractivity contribution in [1.82, 2.24) is 30.2 Å². The van der Waals surface area contributed by atoms with E-state index in [-0.39, 0.29) is 18.1 Å². The summed E-state index contributed by atoms with van der Waals surface area (Å²) in [5.74, 6) is 0.531. The first-order chi connectivity index (χ1) is 12.5. The van der Waals surface area contributed by atoms with Crippen molar-refractivity contribution in [3.63, 3.8) is 0 Å². The van der Waals surface area contributed by atoms with Crippen LogP contribution < -0.4 is 4.74 Å². The van der Waals surface area contributed by atoms with Gasteiger partial charge in [-0.3, -0.25) is 4.79 Å². The molecular weight excluding hydrogens is 336 g/mol. The number of aromatic nitrogens is 5. The van der Waals surface area contributed by atoms with Gasteiger partial charge in [0.2, 0.25) is 0 Å². The van der Waals surface area contributed by atoms with E-state index >= 15 is 0 Å². The summed E-state index contributed by atoms with van der Waals surface area (Å²) in [7, 11) is 1.67. The molecule has 0 unspecified atom stereocenters. The number of hydrogen-bond acceptors (Lipinski definition) is 7. The molecule has 3 rings (SSSR count). The number of carbonyl (C=O) groups excluding carboxylic acids is 1. The molecule has 1 aromatic carbocycles. The fourth-order valence-electron chi connectivity index (χ4n) is 2.49. The molecule has 0 radical (unpaired) electrons. The van der Waals surface area contributed by atoms with Crippen LogP contribution in [0, 0.1) is 13.8 Å². The minimum absolute atomic E-state index is 0.248. The average molecular weight is 356 g/mol. The van der Waals surface area contributed by atoms with Crippen molar-refractivity contribution in [2.45, 2.75) is 27.3 Å². The zero-order valence-electron chi connectivity index (χ0n) is 15.1. The lowest BCUT2D eigenvalue weighted by Crippen LogP contribution is -2.27. The third-order valence-electron chi connectivity index (χ3n) is 3.97. The molecule has 0 aliphatic heterocycles. The number of aryl methyl sites for hydroxylation is 1. The van der Waals surface area contributed by atoms with Crippen molar-refractivity contribution >= 4 is 5.91 Å². The SMILES string of the molecule is CCOc1ccc(-n2nnc(C(=O)N(C)Cc3nonc3C)c2C)cc1. The second-order valence-electron chi connectivity index (χ2n) is 5.82. The Labute approximate surface area is 150 Å². The first kappa shape index (κ1) is 17.6. The van der Waals surface area contributed by atoms with E-state index in [1.165, 1.54) is 4.90 Å². The molecule has 136 valence electrons. The molecule has 0 aliphatic rings. The van der Waals surface area contributed by atoms with Gasteiger partial charge in [0.1, 0.15) is 17.1 Å². The number of carbonyl (C=O) groups is 1. The van der Waals surface area contributed by atoms with Crippen LogP contribution in [0.5, 0.6) is 5.75 Å². The minimum Gasteiger partial charge on any atom is -0.494 e. The van der Waals surface area contributed by atoms with E-state index in [2.05, 4.69) is 25.3 Å². The number of amides is 1. The van der Waals surface area contributed by atoms with Crippen molar-refractivity contribution in [3.8, 4) is 11.4 Å². The smallest absolute Gasteiger partial charge is 0.276 e. The first-order valence-electron chi connectivity index (χ1n) is 8.20. The summed E-state index contributed by atoms with van der Waals surface area (Å²) < 4.78 is 11.7. The lowest BCUT2D eigenvalue weighted by Gasteiger charge is -2.14. The predicted octanol–water partition coefficient (Wildman–Crippen LogP) is 1.94. The second kappa shape index (κ2) is 7.34. The zero-order valence-corrected chi connectivity index (χ0v) is 15.1. The summed E-state index contributed by atoms with van der Waals surface area (Å²) in [5, 5.41) is 15.7. The number of ether oxygens (including phenoxy) is 1. The minimum atomic E-state index is -0.248. The highest BCUT2D eigenvalue weighted by Crippen LogP contribution is 2.18. The highest BCUT2D eigenvalue weighted by atomic mass is 16.6. The Balaban J connectivity index is 1.79. The maximum absolute atomic E-state index is 12.7. The number of rotatable bonds is 6. The van der Waals surface area contributed by atoms with E-state index in [0.717, 1.165) is 11.4 Å². The lowest BCUT2D eigenvalue weighted by molar-refractivity contribution is 0.0775. The average Bonchev–Trinajstić information content (AvgIpc) is 3.21. The van der Waals surface area contributed by atoms with E-state index < -0.39 is 0 Å². The molecular formula is C17H20N6O3. The summed E-state index contributed by atoms with van der Waals surface area (Å²) in [6.07, 6.45) is 0. The predicted molar refractivity (Wildman–Crippen MR) is 92.1 cm³/mol. The molecule has 0 saturated carbocycles. The maximum Gasteiger partial charge on any atom is 0.276 e. The molecule has 0 fully saturated rings. The van der Waals surface area contributed by atoms with Crippen molar-refractivity contribution in [1.29, 1.82) is 0 Å². The van der Waals surface area contributed by atoms with Crippen LogP contribution in [0.1, 0.15) is 34.5 Å². The Hall–Kier alpha value is -3.23. The molecule has 0 aliphatic carbocycles. The van der Waals surface area contributed by atoms with Crippen LogP contribution in [0.25, 0.3) is 5.69 Å². The standard InChI is InChI=1S/C17H20N6O3/c1-5-25-14-8-6-13(7-9-14)23-12(3)16(18-21-23)17(24)22(4)10-15-11(2)19-26-20-15/h6-9H,5,10H2,1-4H3. The molecule has 2 heterocycles. The van der Waals surface area contributed by atoms with E-state index in [0.29, 0.717) is 23.7 Å². The van der Waals surface area contributed by atoms with Gasteiger partial charge >= 0.3 is 0 Å². The third kappa shape index (κ3) is 3.41. The number of benzene rings is 1. The lowest BCUT2D eigenvalue weighted by atomic mass is 10.2. The van der Waals surface area contributed by atoms with Crippen molar-refractivity contribution in [2.75, 3.05) is 13.7 Å². The topological polar surface area (TPSA) is 99.2 Å². The first-order valence-corrected chi connectivity index (χ1v) is 8.20. The van der Waals surface area contributed by atoms with Gasteiger partial charge in [-0.1, -0.05) is 15.5 Å². The molecule has 3 aromatic rings. The Morgan fingerprint density at radius 1 is 1.23 bits per heavy atom. The highest BCUT2D eigenvalue weighted by Gasteiger charge is 2.22. The van der Waals surface area contributed by atoms with Gasteiger partial charge in [0.15, 0.2) is 5.69 Å². The molecule has 1 amide bonds. The molecule has 0 saturated heterocycles. The Morgan fingerprint density at radius 2 is 1.96 bits per heavy atom. The van der Waals surface area contributed by atoms with Gasteiger partial charge in [0, 0.05) is 7.05 Å². The Morgan fingerprint density at radius 3 is 2.58 bits per heavy atom. The summed E-state index contributed by atoms with van der Waals surface area (Å²) in [4.78, 5) is 14.2. The summed E-state index contributed by atoms with van der Waals surface area (Å²) >= 11 is 0. The van der Waals surface area contributed by atoms with Gasteiger partial charge in [-0.2, -0.15) is 0 Å². The van der Waals surface area contributed by atoms with Crippen LogP contribution in [0.2, 0.25) is 0 Å². The highest BCUT2D eigenvalue weighted by molar-refractivity contribution is 5.93. The largest absolute Gasteiger partial charge is 0.494 e. The maximum atomic E-state index is 12.7. The fourth-order valence-corrected chi connectivity index (χ4v) is 2.49. The van der Waals surface area contributed by atoms with Gasteiger partial charge in [-0.25, -0.2) is 9.31 Å². The van der Waals surface area contributed by atoms with Crippen LogP contribution in [0.15, 0.2) is 28.9 Å². The van der Waals surface area contributed by atoms with Crippen LogP contribution in [-0.4, -0.2) is 49.8 Å². The third-order valence-corrected chi connectivity index (χ3v) is 3.97. The van der Waals surface area contributed by atoms with E-state index in [1.54, 1.807) is 25.6 Å². The summed E-state index contributed by atoms with van der Waals surface area (Å²) in [6.45, 7) is 6.40. The molecule has 0 bridgehead atoms. The molecule has 26 heavy (non-hydrogen) atoms. The fraction of sp³-hybridized carbons (Fsp3) is 0.353.